The fraction of sp³-hybridized carbons (Fsp3) is 1.00. The largest absolute Gasteiger partial charge is 0.395 e. The van der Waals surface area contributed by atoms with Crippen molar-refractivity contribution in [2.24, 2.45) is 5.41 Å². The summed E-state index contributed by atoms with van der Waals surface area (Å²) in [5.41, 5.74) is 0.475. The van der Waals surface area contributed by atoms with Crippen LogP contribution in [0, 0.1) is 5.41 Å². The van der Waals surface area contributed by atoms with Crippen molar-refractivity contribution in [2.45, 2.75) is 32.7 Å². The third kappa shape index (κ3) is 3.15. The van der Waals surface area contributed by atoms with Gasteiger partial charge in [0.2, 0.25) is 0 Å². The van der Waals surface area contributed by atoms with Crippen LogP contribution in [-0.4, -0.2) is 41.5 Å². The van der Waals surface area contributed by atoms with Gasteiger partial charge in [-0.05, 0) is 37.9 Å². The molecule has 0 aromatic rings. The third-order valence-corrected chi connectivity index (χ3v) is 3.62. The van der Waals surface area contributed by atoms with Crippen LogP contribution in [0.25, 0.3) is 0 Å². The maximum Gasteiger partial charge on any atom is 0.0558 e. The van der Waals surface area contributed by atoms with Crippen molar-refractivity contribution < 1.29 is 5.11 Å². The molecule has 0 heterocycles. The van der Waals surface area contributed by atoms with E-state index in [4.69, 9.17) is 5.11 Å². The first kappa shape index (κ1) is 11.3. The van der Waals surface area contributed by atoms with E-state index in [9.17, 15) is 0 Å². The lowest BCUT2D eigenvalue weighted by molar-refractivity contribution is 0.144. The summed E-state index contributed by atoms with van der Waals surface area (Å²) in [5, 5.41) is 8.91. The van der Waals surface area contributed by atoms with Crippen LogP contribution >= 0.6 is 12.6 Å². The van der Waals surface area contributed by atoms with Crippen LogP contribution in [-0.2, 0) is 0 Å². The number of nitrogens with zero attached hydrogens (tertiary/aromatic N) is 1. The van der Waals surface area contributed by atoms with E-state index in [-0.39, 0.29) is 6.61 Å². The molecule has 78 valence electrons. The van der Waals surface area contributed by atoms with Gasteiger partial charge in [-0.2, -0.15) is 12.6 Å². The molecular formula is C10H21NOS. The highest BCUT2D eigenvalue weighted by molar-refractivity contribution is 7.80. The fourth-order valence-corrected chi connectivity index (χ4v) is 2.04. The minimum Gasteiger partial charge on any atom is -0.395 e. The second kappa shape index (κ2) is 4.67. The zero-order valence-electron chi connectivity index (χ0n) is 8.66. The van der Waals surface area contributed by atoms with Gasteiger partial charge in [0.25, 0.3) is 0 Å². The van der Waals surface area contributed by atoms with E-state index in [2.05, 4.69) is 31.4 Å². The van der Waals surface area contributed by atoms with Gasteiger partial charge in [0.05, 0.1) is 6.61 Å². The van der Waals surface area contributed by atoms with Gasteiger partial charge in [0.15, 0.2) is 0 Å². The molecule has 0 unspecified atom stereocenters. The normalized spacial score (nSPS) is 19.8. The molecule has 1 N–H and O–H groups in total. The molecule has 0 aromatic carbocycles. The van der Waals surface area contributed by atoms with Crippen molar-refractivity contribution in [2.75, 3.05) is 25.4 Å². The number of thiol groups is 1. The van der Waals surface area contributed by atoms with Crippen molar-refractivity contribution in [3.63, 3.8) is 0 Å². The summed E-state index contributed by atoms with van der Waals surface area (Å²) in [7, 11) is 0. The summed E-state index contributed by atoms with van der Waals surface area (Å²) in [4.78, 5) is 2.35. The molecule has 13 heavy (non-hydrogen) atoms. The van der Waals surface area contributed by atoms with Crippen LogP contribution in [0.5, 0.6) is 0 Å². The van der Waals surface area contributed by atoms with Gasteiger partial charge in [-0.15, -0.1) is 0 Å². The number of aliphatic hydroxyl groups excluding tert-OH is 1. The second-order valence-electron chi connectivity index (χ2n) is 4.45. The summed E-state index contributed by atoms with van der Waals surface area (Å²) in [6.07, 6.45) is 2.62. The van der Waals surface area contributed by atoms with Crippen LogP contribution in [0.1, 0.15) is 26.7 Å². The predicted octanol–water partition coefficient (Wildman–Crippen LogP) is 1.40. The van der Waals surface area contributed by atoms with Gasteiger partial charge >= 0.3 is 0 Å². The molecule has 0 radical (unpaired) electrons. The minimum atomic E-state index is 0.265. The molecule has 0 atom stereocenters. The average molecular weight is 203 g/mol. The van der Waals surface area contributed by atoms with E-state index in [0.717, 1.165) is 18.8 Å². The first-order valence-electron chi connectivity index (χ1n) is 5.09. The Hall–Kier alpha value is 0.270. The first-order valence-corrected chi connectivity index (χ1v) is 5.72. The fourth-order valence-electron chi connectivity index (χ4n) is 1.62. The molecule has 0 bridgehead atoms. The molecule has 1 rings (SSSR count). The number of rotatable bonds is 6. The minimum absolute atomic E-state index is 0.265. The third-order valence-electron chi connectivity index (χ3n) is 2.95. The highest BCUT2D eigenvalue weighted by Crippen LogP contribution is 2.47. The van der Waals surface area contributed by atoms with Crippen molar-refractivity contribution in [3.05, 3.63) is 0 Å². The van der Waals surface area contributed by atoms with Gasteiger partial charge in [-0.25, -0.2) is 0 Å². The van der Waals surface area contributed by atoms with Crippen LogP contribution in [0.4, 0.5) is 0 Å². The topological polar surface area (TPSA) is 23.5 Å². The molecular weight excluding hydrogens is 182 g/mol. The molecule has 0 amide bonds. The lowest BCUT2D eigenvalue weighted by Gasteiger charge is -2.29. The number of hydrogen-bond acceptors (Lipinski definition) is 3. The zero-order chi connectivity index (χ0) is 9.90. The lowest BCUT2D eigenvalue weighted by Crippen LogP contribution is -2.38. The Balaban J connectivity index is 2.38. The maximum atomic E-state index is 8.91. The van der Waals surface area contributed by atoms with E-state index in [1.165, 1.54) is 12.8 Å². The Morgan fingerprint density at radius 1 is 1.46 bits per heavy atom. The van der Waals surface area contributed by atoms with E-state index < -0.39 is 0 Å². The van der Waals surface area contributed by atoms with Crippen molar-refractivity contribution in [3.8, 4) is 0 Å². The van der Waals surface area contributed by atoms with E-state index in [0.29, 0.717) is 11.5 Å². The van der Waals surface area contributed by atoms with Crippen LogP contribution in [0.2, 0.25) is 0 Å². The first-order chi connectivity index (χ1) is 6.13. The SMILES string of the molecule is CC(C)N(CCO)CC1(CS)CC1. The zero-order valence-corrected chi connectivity index (χ0v) is 9.56. The molecule has 1 saturated carbocycles. The van der Waals surface area contributed by atoms with Crippen molar-refractivity contribution >= 4 is 12.6 Å². The van der Waals surface area contributed by atoms with Crippen molar-refractivity contribution in [1.29, 1.82) is 0 Å². The van der Waals surface area contributed by atoms with Crippen molar-refractivity contribution in [1.82, 2.24) is 4.90 Å². The molecule has 2 nitrogen and oxygen atoms in total. The predicted molar refractivity (Wildman–Crippen MR) is 59.3 cm³/mol. The monoisotopic (exact) mass is 203 g/mol. The molecule has 1 aliphatic carbocycles. The lowest BCUT2D eigenvalue weighted by atomic mass is 10.1. The summed E-state index contributed by atoms with van der Waals surface area (Å²) in [5.74, 6) is 0.988. The summed E-state index contributed by atoms with van der Waals surface area (Å²) >= 11 is 4.39. The van der Waals surface area contributed by atoms with Gasteiger partial charge in [0, 0.05) is 19.1 Å². The maximum absolute atomic E-state index is 8.91. The van der Waals surface area contributed by atoms with Gasteiger partial charge in [-0.3, -0.25) is 4.90 Å². The van der Waals surface area contributed by atoms with Gasteiger partial charge in [0.1, 0.15) is 0 Å². The molecule has 0 aromatic heterocycles. The molecule has 1 aliphatic rings. The van der Waals surface area contributed by atoms with E-state index in [1.807, 2.05) is 0 Å². The summed E-state index contributed by atoms with van der Waals surface area (Å²) < 4.78 is 0. The Morgan fingerprint density at radius 3 is 2.38 bits per heavy atom. The molecule has 0 aliphatic heterocycles. The van der Waals surface area contributed by atoms with Crippen LogP contribution in [0.15, 0.2) is 0 Å². The highest BCUT2D eigenvalue weighted by Gasteiger charge is 2.42. The van der Waals surface area contributed by atoms with Crippen LogP contribution < -0.4 is 0 Å². The van der Waals surface area contributed by atoms with Crippen LogP contribution in [0.3, 0.4) is 0 Å². The molecule has 1 fully saturated rings. The highest BCUT2D eigenvalue weighted by atomic mass is 32.1. The Kier molecular flexibility index (Phi) is 4.07. The molecule has 0 saturated heterocycles. The summed E-state index contributed by atoms with van der Waals surface area (Å²) in [6.45, 7) is 6.54. The molecule has 0 spiro atoms. The van der Waals surface area contributed by atoms with Gasteiger partial charge in [-0.1, -0.05) is 0 Å². The average Bonchev–Trinajstić information content (AvgIpc) is 2.85. The summed E-state index contributed by atoms with van der Waals surface area (Å²) in [6, 6.07) is 0.532. The molecule has 3 heteroatoms. The Morgan fingerprint density at radius 2 is 2.08 bits per heavy atom. The second-order valence-corrected chi connectivity index (χ2v) is 4.76. The number of aliphatic hydroxyl groups is 1. The quantitative estimate of drug-likeness (QED) is 0.638. The Bertz CT molecular complexity index is 157. The van der Waals surface area contributed by atoms with E-state index in [1.54, 1.807) is 0 Å². The van der Waals surface area contributed by atoms with Gasteiger partial charge < -0.3 is 5.11 Å². The Labute approximate surface area is 86.7 Å². The smallest absolute Gasteiger partial charge is 0.0558 e. The number of hydrogen-bond donors (Lipinski definition) is 2. The standard InChI is InChI=1S/C10H21NOS/c1-9(2)11(5-6-12)7-10(8-13)3-4-10/h9,12-13H,3-8H2,1-2H3. The van der Waals surface area contributed by atoms with E-state index >= 15 is 0 Å².